The van der Waals surface area contributed by atoms with Crippen molar-refractivity contribution in [2.24, 2.45) is 0 Å². The molecule has 0 aliphatic rings. The minimum absolute atomic E-state index is 0.235. The highest BCUT2D eigenvalue weighted by atomic mass is 32.2. The zero-order valence-corrected chi connectivity index (χ0v) is 11.8. The van der Waals surface area contributed by atoms with Crippen LogP contribution in [-0.4, -0.2) is 45.1 Å². The van der Waals surface area contributed by atoms with Gasteiger partial charge in [-0.1, -0.05) is 6.07 Å². The number of nitrogens with zero attached hydrogens (tertiary/aromatic N) is 1. The second-order valence-corrected chi connectivity index (χ2v) is 6.11. The Labute approximate surface area is 112 Å². The Morgan fingerprint density at radius 3 is 2.68 bits per heavy atom. The fourth-order valence-corrected chi connectivity index (χ4v) is 2.88. The molecule has 0 unspecified atom stereocenters. The van der Waals surface area contributed by atoms with Gasteiger partial charge in [0.1, 0.15) is 10.7 Å². The lowest BCUT2D eigenvalue weighted by molar-refractivity contribution is 0.189. The van der Waals surface area contributed by atoms with E-state index in [-0.39, 0.29) is 13.2 Å². The SMILES string of the molecule is COCCCN(C)S(=O)(=O)c1cc(CO)ccc1F. The number of sulfonamides is 1. The molecule has 0 atom stereocenters. The van der Waals surface area contributed by atoms with Gasteiger partial charge in [0.15, 0.2) is 0 Å². The predicted molar refractivity (Wildman–Crippen MR) is 68.6 cm³/mol. The van der Waals surface area contributed by atoms with E-state index in [9.17, 15) is 12.8 Å². The molecule has 1 N–H and O–H groups in total. The van der Waals surface area contributed by atoms with Crippen molar-refractivity contribution in [3.63, 3.8) is 0 Å². The van der Waals surface area contributed by atoms with E-state index in [2.05, 4.69) is 0 Å². The number of methoxy groups -OCH3 is 1. The quantitative estimate of drug-likeness (QED) is 0.760. The summed E-state index contributed by atoms with van der Waals surface area (Å²) in [4.78, 5) is -0.418. The number of hydrogen-bond donors (Lipinski definition) is 1. The molecule has 0 heterocycles. The molecule has 108 valence electrons. The van der Waals surface area contributed by atoms with E-state index in [1.807, 2.05) is 0 Å². The number of benzene rings is 1. The summed E-state index contributed by atoms with van der Waals surface area (Å²) in [5, 5.41) is 8.98. The number of halogens is 1. The van der Waals surface area contributed by atoms with Gasteiger partial charge in [0.05, 0.1) is 6.61 Å². The van der Waals surface area contributed by atoms with E-state index in [0.717, 1.165) is 16.4 Å². The molecule has 1 rings (SSSR count). The summed E-state index contributed by atoms with van der Waals surface area (Å²) in [6.07, 6.45) is 0.521. The minimum Gasteiger partial charge on any atom is -0.392 e. The molecule has 0 fully saturated rings. The highest BCUT2D eigenvalue weighted by Crippen LogP contribution is 2.20. The summed E-state index contributed by atoms with van der Waals surface area (Å²) in [6, 6.07) is 3.54. The van der Waals surface area contributed by atoms with Crippen LogP contribution in [0.2, 0.25) is 0 Å². The van der Waals surface area contributed by atoms with Crippen LogP contribution >= 0.6 is 0 Å². The van der Waals surface area contributed by atoms with Crippen LogP contribution in [0.25, 0.3) is 0 Å². The van der Waals surface area contributed by atoms with Crippen LogP contribution < -0.4 is 0 Å². The normalized spacial score (nSPS) is 12.1. The molecule has 19 heavy (non-hydrogen) atoms. The van der Waals surface area contributed by atoms with Crippen molar-refractivity contribution in [1.29, 1.82) is 0 Å². The van der Waals surface area contributed by atoms with Crippen LogP contribution in [0.1, 0.15) is 12.0 Å². The smallest absolute Gasteiger partial charge is 0.245 e. The van der Waals surface area contributed by atoms with Crippen molar-refractivity contribution in [2.45, 2.75) is 17.9 Å². The van der Waals surface area contributed by atoms with Gasteiger partial charge in [-0.05, 0) is 24.1 Å². The Kier molecular flexibility index (Phi) is 5.86. The number of hydrogen-bond acceptors (Lipinski definition) is 4. The molecular weight excluding hydrogens is 273 g/mol. The first-order valence-electron chi connectivity index (χ1n) is 5.78. The maximum Gasteiger partial charge on any atom is 0.245 e. The molecule has 1 aromatic rings. The van der Waals surface area contributed by atoms with Gasteiger partial charge in [-0.25, -0.2) is 17.1 Å². The highest BCUT2D eigenvalue weighted by molar-refractivity contribution is 7.89. The van der Waals surface area contributed by atoms with Gasteiger partial charge in [0.2, 0.25) is 10.0 Å². The van der Waals surface area contributed by atoms with Gasteiger partial charge in [-0.3, -0.25) is 0 Å². The Balaban J connectivity index is 2.99. The number of rotatable bonds is 7. The van der Waals surface area contributed by atoms with Crippen LogP contribution in [-0.2, 0) is 21.4 Å². The molecule has 0 aromatic heterocycles. The molecule has 0 spiro atoms. The summed E-state index contributed by atoms with van der Waals surface area (Å²) >= 11 is 0. The van der Waals surface area contributed by atoms with E-state index in [0.29, 0.717) is 18.6 Å². The van der Waals surface area contributed by atoms with E-state index in [1.165, 1.54) is 20.2 Å². The molecule has 5 nitrogen and oxygen atoms in total. The number of aliphatic hydroxyl groups excluding tert-OH is 1. The zero-order chi connectivity index (χ0) is 14.5. The lowest BCUT2D eigenvalue weighted by Gasteiger charge is -2.17. The third-order valence-electron chi connectivity index (χ3n) is 2.69. The number of aliphatic hydroxyl groups is 1. The molecule has 7 heteroatoms. The number of ether oxygens (including phenoxy) is 1. The molecule has 0 saturated heterocycles. The molecule has 0 aliphatic heterocycles. The van der Waals surface area contributed by atoms with Crippen molar-refractivity contribution in [3.05, 3.63) is 29.6 Å². The van der Waals surface area contributed by atoms with Crippen molar-refractivity contribution >= 4 is 10.0 Å². The monoisotopic (exact) mass is 291 g/mol. The Morgan fingerprint density at radius 2 is 2.11 bits per heavy atom. The van der Waals surface area contributed by atoms with E-state index >= 15 is 0 Å². The molecule has 1 aromatic carbocycles. The summed E-state index contributed by atoms with van der Waals surface area (Å²) in [6.45, 7) is 0.328. The van der Waals surface area contributed by atoms with Crippen molar-refractivity contribution in [3.8, 4) is 0 Å². The highest BCUT2D eigenvalue weighted by Gasteiger charge is 2.24. The standard InChI is InChI=1S/C12H18FNO4S/c1-14(6-3-7-18-2)19(16,17)12-8-10(9-15)4-5-11(12)13/h4-5,8,15H,3,6-7,9H2,1-2H3. The van der Waals surface area contributed by atoms with Gasteiger partial charge < -0.3 is 9.84 Å². The van der Waals surface area contributed by atoms with Crippen molar-refractivity contribution in [2.75, 3.05) is 27.3 Å². The largest absolute Gasteiger partial charge is 0.392 e. The van der Waals surface area contributed by atoms with Crippen molar-refractivity contribution in [1.82, 2.24) is 4.31 Å². The average Bonchev–Trinajstić information content (AvgIpc) is 2.39. The first-order valence-corrected chi connectivity index (χ1v) is 7.22. The third-order valence-corrected chi connectivity index (χ3v) is 4.56. The fourth-order valence-electron chi connectivity index (χ4n) is 1.56. The lowest BCUT2D eigenvalue weighted by atomic mass is 10.2. The summed E-state index contributed by atoms with van der Waals surface area (Å²) in [5.41, 5.74) is 0.352. The Morgan fingerprint density at radius 1 is 1.42 bits per heavy atom. The molecule has 0 aliphatic carbocycles. The summed E-state index contributed by atoms with van der Waals surface area (Å²) in [7, 11) is -0.979. The topological polar surface area (TPSA) is 66.8 Å². The van der Waals surface area contributed by atoms with Gasteiger partial charge in [0.25, 0.3) is 0 Å². The minimum atomic E-state index is -3.89. The van der Waals surface area contributed by atoms with E-state index < -0.39 is 20.7 Å². The van der Waals surface area contributed by atoms with E-state index in [1.54, 1.807) is 0 Å². The molecule has 0 saturated carbocycles. The molecule has 0 bridgehead atoms. The van der Waals surface area contributed by atoms with Gasteiger partial charge >= 0.3 is 0 Å². The van der Waals surface area contributed by atoms with Crippen LogP contribution in [0.4, 0.5) is 4.39 Å². The molecule has 0 amide bonds. The first-order chi connectivity index (χ1) is 8.93. The third kappa shape index (κ3) is 3.97. The van der Waals surface area contributed by atoms with Crippen LogP contribution in [0.3, 0.4) is 0 Å². The van der Waals surface area contributed by atoms with Gasteiger partial charge in [-0.2, -0.15) is 0 Å². The fraction of sp³-hybridized carbons (Fsp3) is 0.500. The van der Waals surface area contributed by atoms with Gasteiger partial charge in [0, 0.05) is 27.3 Å². The van der Waals surface area contributed by atoms with Crippen LogP contribution in [0.5, 0.6) is 0 Å². The predicted octanol–water partition coefficient (Wildman–Crippen LogP) is 0.975. The maximum atomic E-state index is 13.6. The second kappa shape index (κ2) is 6.95. The molecule has 0 radical (unpaired) electrons. The lowest BCUT2D eigenvalue weighted by Crippen LogP contribution is -2.29. The maximum absolute atomic E-state index is 13.6. The second-order valence-electron chi connectivity index (χ2n) is 4.10. The summed E-state index contributed by atoms with van der Waals surface area (Å²) in [5.74, 6) is -0.823. The van der Waals surface area contributed by atoms with Crippen molar-refractivity contribution < 1.29 is 22.7 Å². The molecular formula is C12H18FNO4S. The van der Waals surface area contributed by atoms with Crippen LogP contribution in [0, 0.1) is 5.82 Å². The first kappa shape index (κ1) is 16.0. The van der Waals surface area contributed by atoms with E-state index in [4.69, 9.17) is 9.84 Å². The average molecular weight is 291 g/mol. The van der Waals surface area contributed by atoms with Crippen LogP contribution in [0.15, 0.2) is 23.1 Å². The summed E-state index contributed by atoms with van der Waals surface area (Å²) < 4.78 is 43.9. The van der Waals surface area contributed by atoms with Gasteiger partial charge in [-0.15, -0.1) is 0 Å². The Bertz CT molecular complexity index is 518. The Hall–Kier alpha value is -1.02. The zero-order valence-electron chi connectivity index (χ0n) is 11.0.